The summed E-state index contributed by atoms with van der Waals surface area (Å²) in [6.07, 6.45) is 1.14. The van der Waals surface area contributed by atoms with Gasteiger partial charge in [-0.05, 0) is 54.8 Å². The summed E-state index contributed by atoms with van der Waals surface area (Å²) in [7, 11) is 3.84. The van der Waals surface area contributed by atoms with Crippen LogP contribution in [0.4, 0.5) is 17.1 Å². The molecule has 7 heteroatoms. The van der Waals surface area contributed by atoms with E-state index < -0.39 is 0 Å². The molecule has 4 nitrogen and oxygen atoms in total. The molecule has 1 saturated heterocycles. The average Bonchev–Trinajstić information content (AvgIpc) is 3.09. The van der Waals surface area contributed by atoms with E-state index in [0.29, 0.717) is 21.3 Å². The van der Waals surface area contributed by atoms with Crippen molar-refractivity contribution in [3.8, 4) is 0 Å². The first-order valence-electron chi connectivity index (χ1n) is 7.93. The highest BCUT2D eigenvalue weighted by Gasteiger charge is 2.18. The molecule has 0 atom stereocenters. The van der Waals surface area contributed by atoms with Crippen molar-refractivity contribution in [1.82, 2.24) is 0 Å². The number of hydrogen-bond donors (Lipinski definition) is 1. The fourth-order valence-electron chi connectivity index (χ4n) is 2.60. The zero-order valence-corrected chi connectivity index (χ0v) is 16.4. The summed E-state index contributed by atoms with van der Waals surface area (Å²) in [6, 6.07) is 11.0. The van der Waals surface area contributed by atoms with Crippen molar-refractivity contribution in [2.24, 2.45) is 0 Å². The first-order valence-corrected chi connectivity index (χ1v) is 9.63. The minimum atomic E-state index is -0.247. The summed E-state index contributed by atoms with van der Waals surface area (Å²) in [5.41, 5.74) is 3.00. The topological polar surface area (TPSA) is 35.6 Å². The molecular formula is C18H19Cl2N3OS. The van der Waals surface area contributed by atoms with Gasteiger partial charge in [0.15, 0.2) is 0 Å². The van der Waals surface area contributed by atoms with Crippen LogP contribution >= 0.6 is 35.1 Å². The molecule has 1 aliphatic rings. The van der Waals surface area contributed by atoms with E-state index in [0.717, 1.165) is 30.1 Å². The largest absolute Gasteiger partial charge is 0.378 e. The lowest BCUT2D eigenvalue weighted by Crippen LogP contribution is -2.15. The Morgan fingerprint density at radius 1 is 1.20 bits per heavy atom. The highest BCUT2D eigenvalue weighted by Crippen LogP contribution is 2.32. The van der Waals surface area contributed by atoms with Crippen LogP contribution in [0.1, 0.15) is 16.8 Å². The monoisotopic (exact) mass is 395 g/mol. The molecule has 0 aromatic heterocycles. The van der Waals surface area contributed by atoms with Crippen LogP contribution in [0.5, 0.6) is 0 Å². The molecule has 1 fully saturated rings. The van der Waals surface area contributed by atoms with E-state index in [2.05, 4.69) is 9.62 Å². The summed E-state index contributed by atoms with van der Waals surface area (Å²) in [5, 5.41) is 3.89. The van der Waals surface area contributed by atoms with Crippen LogP contribution in [0.3, 0.4) is 0 Å². The molecule has 1 N–H and O–H groups in total. The number of benzene rings is 2. The number of hydrogen-bond acceptors (Lipinski definition) is 4. The Bertz CT molecular complexity index is 792. The predicted octanol–water partition coefficient (Wildman–Crippen LogP) is 5.17. The zero-order valence-electron chi connectivity index (χ0n) is 14.1. The van der Waals surface area contributed by atoms with E-state index in [1.807, 2.05) is 43.3 Å². The molecule has 3 rings (SSSR count). The maximum Gasteiger partial charge on any atom is 0.257 e. The van der Waals surface area contributed by atoms with Gasteiger partial charge >= 0.3 is 0 Å². The van der Waals surface area contributed by atoms with Crippen molar-refractivity contribution in [3.63, 3.8) is 0 Å². The molecule has 0 bridgehead atoms. The van der Waals surface area contributed by atoms with Crippen molar-refractivity contribution in [2.45, 2.75) is 6.42 Å². The third-order valence-electron chi connectivity index (χ3n) is 3.89. The fraction of sp³-hybridized carbons (Fsp3) is 0.278. The molecule has 2 aromatic rings. The third-order valence-corrected chi connectivity index (χ3v) is 5.62. The normalized spacial score (nSPS) is 13.8. The van der Waals surface area contributed by atoms with Gasteiger partial charge in [0.2, 0.25) is 0 Å². The second-order valence-corrected chi connectivity index (χ2v) is 7.95. The number of anilines is 3. The summed E-state index contributed by atoms with van der Waals surface area (Å²) in [5.74, 6) is 0.850. The van der Waals surface area contributed by atoms with Crippen LogP contribution in [-0.2, 0) is 0 Å². The molecule has 132 valence electrons. The summed E-state index contributed by atoms with van der Waals surface area (Å²) >= 11 is 14.2. The van der Waals surface area contributed by atoms with Crippen LogP contribution in [-0.4, -0.2) is 32.3 Å². The first-order chi connectivity index (χ1) is 11.9. The predicted molar refractivity (Wildman–Crippen MR) is 110 cm³/mol. The number of rotatable bonds is 4. The lowest BCUT2D eigenvalue weighted by Gasteiger charge is -2.18. The number of carbonyl (C=O) groups excluding carboxylic acids is 1. The van der Waals surface area contributed by atoms with Crippen molar-refractivity contribution < 1.29 is 4.79 Å². The Morgan fingerprint density at radius 2 is 2.00 bits per heavy atom. The van der Waals surface area contributed by atoms with Gasteiger partial charge in [0.25, 0.3) is 5.91 Å². The van der Waals surface area contributed by atoms with E-state index in [1.54, 1.807) is 24.1 Å². The Hall–Kier alpha value is -1.56. The summed E-state index contributed by atoms with van der Waals surface area (Å²) in [4.78, 5) is 14.6. The number of nitrogens with zero attached hydrogens (tertiary/aromatic N) is 2. The Kier molecular flexibility index (Phi) is 5.67. The lowest BCUT2D eigenvalue weighted by atomic mass is 10.1. The van der Waals surface area contributed by atoms with Crippen LogP contribution in [0, 0.1) is 0 Å². The molecule has 25 heavy (non-hydrogen) atoms. The summed E-state index contributed by atoms with van der Waals surface area (Å²) < 4.78 is 2.19. The van der Waals surface area contributed by atoms with E-state index in [-0.39, 0.29) is 5.91 Å². The smallest absolute Gasteiger partial charge is 0.257 e. The lowest BCUT2D eigenvalue weighted by molar-refractivity contribution is 0.102. The van der Waals surface area contributed by atoms with Crippen LogP contribution in [0.25, 0.3) is 0 Å². The van der Waals surface area contributed by atoms with Gasteiger partial charge in [-0.25, -0.2) is 0 Å². The van der Waals surface area contributed by atoms with Crippen LogP contribution in [0.15, 0.2) is 36.4 Å². The highest BCUT2D eigenvalue weighted by atomic mass is 35.5. The number of amides is 1. The Balaban J connectivity index is 1.84. The molecule has 1 amide bonds. The highest BCUT2D eigenvalue weighted by molar-refractivity contribution is 8.00. The van der Waals surface area contributed by atoms with Gasteiger partial charge in [0.1, 0.15) is 0 Å². The molecule has 0 aliphatic carbocycles. The molecular weight excluding hydrogens is 377 g/mol. The molecule has 1 heterocycles. The Labute approximate surface area is 162 Å². The van der Waals surface area contributed by atoms with Gasteiger partial charge in [-0.2, -0.15) is 0 Å². The van der Waals surface area contributed by atoms with Crippen molar-refractivity contribution >= 4 is 58.1 Å². The van der Waals surface area contributed by atoms with Gasteiger partial charge in [-0.1, -0.05) is 23.2 Å². The average molecular weight is 396 g/mol. The zero-order chi connectivity index (χ0) is 18.0. The molecule has 0 radical (unpaired) electrons. The fourth-order valence-corrected chi connectivity index (χ4v) is 4.03. The molecule has 2 aromatic carbocycles. The minimum Gasteiger partial charge on any atom is -0.378 e. The van der Waals surface area contributed by atoms with E-state index in [1.165, 1.54) is 0 Å². The third kappa shape index (κ3) is 4.35. The Morgan fingerprint density at radius 3 is 2.68 bits per heavy atom. The number of carbonyl (C=O) groups is 1. The number of nitrogens with one attached hydrogen (secondary N) is 1. The quantitative estimate of drug-likeness (QED) is 0.724. The van der Waals surface area contributed by atoms with Gasteiger partial charge in [-0.3, -0.25) is 4.79 Å². The van der Waals surface area contributed by atoms with Gasteiger partial charge < -0.3 is 14.5 Å². The first kappa shape index (κ1) is 18.2. The molecule has 0 saturated carbocycles. The van der Waals surface area contributed by atoms with Crippen LogP contribution in [0.2, 0.25) is 10.0 Å². The van der Waals surface area contributed by atoms with Crippen molar-refractivity contribution in [3.05, 3.63) is 52.0 Å². The second-order valence-electron chi connectivity index (χ2n) is 6.00. The maximum atomic E-state index is 12.7. The second kappa shape index (κ2) is 7.77. The van der Waals surface area contributed by atoms with Crippen molar-refractivity contribution in [1.29, 1.82) is 0 Å². The summed E-state index contributed by atoms with van der Waals surface area (Å²) in [6.45, 7) is 0.980. The van der Waals surface area contributed by atoms with Crippen molar-refractivity contribution in [2.75, 3.05) is 40.9 Å². The van der Waals surface area contributed by atoms with Gasteiger partial charge in [0.05, 0.1) is 10.6 Å². The molecule has 0 unspecified atom stereocenters. The van der Waals surface area contributed by atoms with Gasteiger partial charge in [0, 0.05) is 48.5 Å². The molecule has 1 aliphatic heterocycles. The van der Waals surface area contributed by atoms with E-state index >= 15 is 0 Å². The number of halogens is 2. The molecule has 0 spiro atoms. The van der Waals surface area contributed by atoms with Gasteiger partial charge in [-0.15, -0.1) is 0 Å². The SMILES string of the molecule is CN(C)c1cc(Cl)cc(NC(=O)c2cc(N3CCCS3)ccc2Cl)c1. The maximum absolute atomic E-state index is 12.7. The standard InChI is InChI=1S/C18H19Cl2N3OS/c1-22(2)15-9-12(19)8-13(10-15)21-18(24)16-11-14(4-5-17(16)20)23-6-3-7-25-23/h4-5,8-11H,3,6-7H2,1-2H3,(H,21,24). The van der Waals surface area contributed by atoms with E-state index in [9.17, 15) is 4.79 Å². The van der Waals surface area contributed by atoms with Crippen LogP contribution < -0.4 is 14.5 Å². The minimum absolute atomic E-state index is 0.247. The van der Waals surface area contributed by atoms with E-state index in [4.69, 9.17) is 23.2 Å².